The van der Waals surface area contributed by atoms with Crippen molar-refractivity contribution in [2.24, 2.45) is 0 Å². The van der Waals surface area contributed by atoms with Gasteiger partial charge in [0.25, 0.3) is 0 Å². The fraction of sp³-hybridized carbons (Fsp3) is 0.300. The fourth-order valence-electron chi connectivity index (χ4n) is 3.28. The molecule has 1 aliphatic heterocycles. The zero-order chi connectivity index (χ0) is 17.1. The number of nitrogens with one attached hydrogen (secondary N) is 1. The number of fused-ring (bicyclic) bond motifs is 1. The highest BCUT2D eigenvalue weighted by Crippen LogP contribution is 2.23. The molecule has 1 fully saturated rings. The maximum absolute atomic E-state index is 5.96. The van der Waals surface area contributed by atoms with Gasteiger partial charge in [-0.2, -0.15) is 0 Å². The standard InChI is InChI=1S/C20H22N4O/c1-21-20-6-2-5-18(23-20)19-14-24(10-11-25-19)13-15-7-8-17-16(12-15)4-3-9-22-17/h2-9,12,19H,10-11,13-14H2,1H3,(H,21,23). The van der Waals surface area contributed by atoms with Gasteiger partial charge < -0.3 is 10.1 Å². The highest BCUT2D eigenvalue weighted by atomic mass is 16.5. The summed E-state index contributed by atoms with van der Waals surface area (Å²) in [7, 11) is 1.88. The maximum Gasteiger partial charge on any atom is 0.126 e. The van der Waals surface area contributed by atoms with Crippen LogP contribution in [0, 0.1) is 0 Å². The van der Waals surface area contributed by atoms with Crippen molar-refractivity contribution in [1.29, 1.82) is 0 Å². The smallest absolute Gasteiger partial charge is 0.126 e. The summed E-state index contributed by atoms with van der Waals surface area (Å²) in [6, 6.07) is 16.6. The van der Waals surface area contributed by atoms with E-state index in [0.717, 1.165) is 43.3 Å². The molecule has 0 radical (unpaired) electrons. The highest BCUT2D eigenvalue weighted by Gasteiger charge is 2.23. The summed E-state index contributed by atoms with van der Waals surface area (Å²) in [5, 5.41) is 4.28. The number of benzene rings is 1. The van der Waals surface area contributed by atoms with Crippen LogP contribution in [-0.4, -0.2) is 41.6 Å². The molecular weight excluding hydrogens is 312 g/mol. The molecule has 5 nitrogen and oxygen atoms in total. The molecule has 3 aromatic rings. The van der Waals surface area contributed by atoms with Crippen molar-refractivity contribution in [3.63, 3.8) is 0 Å². The maximum atomic E-state index is 5.96. The molecule has 1 saturated heterocycles. The van der Waals surface area contributed by atoms with Gasteiger partial charge in [0.2, 0.25) is 0 Å². The Hall–Kier alpha value is -2.50. The van der Waals surface area contributed by atoms with Gasteiger partial charge in [-0.25, -0.2) is 4.98 Å². The molecule has 1 unspecified atom stereocenters. The third kappa shape index (κ3) is 3.62. The zero-order valence-electron chi connectivity index (χ0n) is 14.4. The first-order valence-electron chi connectivity index (χ1n) is 8.64. The second kappa shape index (κ2) is 7.17. The van der Waals surface area contributed by atoms with Crippen molar-refractivity contribution >= 4 is 16.7 Å². The SMILES string of the molecule is CNc1cccc(C2CN(Cc3ccc4ncccc4c3)CCO2)n1. The Morgan fingerprint density at radius 2 is 2.16 bits per heavy atom. The van der Waals surface area contributed by atoms with Gasteiger partial charge in [-0.3, -0.25) is 9.88 Å². The lowest BCUT2D eigenvalue weighted by Gasteiger charge is -2.32. The topological polar surface area (TPSA) is 50.3 Å². The first-order valence-corrected chi connectivity index (χ1v) is 8.64. The molecule has 1 aromatic carbocycles. The van der Waals surface area contributed by atoms with E-state index in [9.17, 15) is 0 Å². The number of pyridine rings is 2. The summed E-state index contributed by atoms with van der Waals surface area (Å²) >= 11 is 0. The van der Waals surface area contributed by atoms with Crippen LogP contribution in [0.2, 0.25) is 0 Å². The Bertz CT molecular complexity index is 867. The largest absolute Gasteiger partial charge is 0.373 e. The molecule has 4 rings (SSSR count). The van der Waals surface area contributed by atoms with Crippen LogP contribution in [0.3, 0.4) is 0 Å². The monoisotopic (exact) mass is 334 g/mol. The van der Waals surface area contributed by atoms with E-state index in [4.69, 9.17) is 4.74 Å². The van der Waals surface area contributed by atoms with Gasteiger partial charge in [-0.1, -0.05) is 18.2 Å². The van der Waals surface area contributed by atoms with E-state index >= 15 is 0 Å². The van der Waals surface area contributed by atoms with Crippen molar-refractivity contribution in [2.75, 3.05) is 32.1 Å². The summed E-state index contributed by atoms with van der Waals surface area (Å²) in [5.41, 5.74) is 3.33. The lowest BCUT2D eigenvalue weighted by Crippen LogP contribution is -2.38. The summed E-state index contributed by atoms with van der Waals surface area (Å²) in [4.78, 5) is 11.4. The third-order valence-corrected chi connectivity index (χ3v) is 4.58. The Kier molecular flexibility index (Phi) is 4.59. The van der Waals surface area contributed by atoms with E-state index in [1.54, 1.807) is 0 Å². The summed E-state index contributed by atoms with van der Waals surface area (Å²) in [5.74, 6) is 0.875. The average Bonchev–Trinajstić information content (AvgIpc) is 2.68. The van der Waals surface area contributed by atoms with Crippen LogP contribution in [0.1, 0.15) is 17.4 Å². The number of nitrogens with zero attached hydrogens (tertiary/aromatic N) is 3. The van der Waals surface area contributed by atoms with Crippen molar-refractivity contribution in [3.8, 4) is 0 Å². The molecule has 0 aliphatic carbocycles. The van der Waals surface area contributed by atoms with Crippen LogP contribution < -0.4 is 5.32 Å². The van der Waals surface area contributed by atoms with Crippen molar-refractivity contribution in [1.82, 2.24) is 14.9 Å². The van der Waals surface area contributed by atoms with Gasteiger partial charge >= 0.3 is 0 Å². The van der Waals surface area contributed by atoms with Gasteiger partial charge in [-0.05, 0) is 35.9 Å². The van der Waals surface area contributed by atoms with E-state index < -0.39 is 0 Å². The van der Waals surface area contributed by atoms with Crippen LogP contribution in [0.15, 0.2) is 54.7 Å². The molecule has 25 heavy (non-hydrogen) atoms. The Morgan fingerprint density at radius 1 is 1.20 bits per heavy atom. The number of ether oxygens (including phenoxy) is 1. The van der Waals surface area contributed by atoms with E-state index in [0.29, 0.717) is 0 Å². The average molecular weight is 334 g/mol. The Labute approximate surface area is 147 Å². The quantitative estimate of drug-likeness (QED) is 0.794. The number of rotatable bonds is 4. The molecule has 1 atom stereocenters. The molecule has 5 heteroatoms. The first kappa shape index (κ1) is 16.0. The molecule has 2 aromatic heterocycles. The van der Waals surface area contributed by atoms with Crippen LogP contribution in [0.4, 0.5) is 5.82 Å². The van der Waals surface area contributed by atoms with Crippen LogP contribution in [-0.2, 0) is 11.3 Å². The minimum atomic E-state index is 0.0178. The Balaban J connectivity index is 1.48. The molecule has 1 aliphatic rings. The molecule has 0 amide bonds. The molecule has 128 valence electrons. The number of morpholine rings is 1. The van der Waals surface area contributed by atoms with Crippen molar-refractivity contribution in [2.45, 2.75) is 12.6 Å². The number of hydrogen-bond acceptors (Lipinski definition) is 5. The predicted molar refractivity (Wildman–Crippen MR) is 99.5 cm³/mol. The fourth-order valence-corrected chi connectivity index (χ4v) is 3.28. The first-order chi connectivity index (χ1) is 12.3. The molecule has 0 saturated carbocycles. The predicted octanol–water partition coefficient (Wildman–Crippen LogP) is 3.25. The van der Waals surface area contributed by atoms with Crippen LogP contribution in [0.25, 0.3) is 10.9 Å². The minimum Gasteiger partial charge on any atom is -0.373 e. The number of anilines is 1. The van der Waals surface area contributed by atoms with Gasteiger partial charge in [0.1, 0.15) is 11.9 Å². The highest BCUT2D eigenvalue weighted by molar-refractivity contribution is 5.78. The third-order valence-electron chi connectivity index (χ3n) is 4.58. The van der Waals surface area contributed by atoms with Crippen LogP contribution in [0.5, 0.6) is 0 Å². The zero-order valence-corrected chi connectivity index (χ0v) is 14.4. The molecule has 0 bridgehead atoms. The van der Waals surface area contributed by atoms with Gasteiger partial charge in [0, 0.05) is 38.3 Å². The summed E-state index contributed by atoms with van der Waals surface area (Å²) in [6.45, 7) is 3.43. The minimum absolute atomic E-state index is 0.0178. The van der Waals surface area contributed by atoms with Gasteiger partial charge in [0.15, 0.2) is 0 Å². The van der Waals surface area contributed by atoms with Gasteiger partial charge in [-0.15, -0.1) is 0 Å². The molecule has 3 heterocycles. The lowest BCUT2D eigenvalue weighted by atomic mass is 10.1. The lowest BCUT2D eigenvalue weighted by molar-refractivity contribution is -0.0349. The van der Waals surface area contributed by atoms with E-state index in [1.807, 2.05) is 37.5 Å². The molecule has 0 spiro atoms. The second-order valence-electron chi connectivity index (χ2n) is 6.32. The number of aromatic nitrogens is 2. The van der Waals surface area contributed by atoms with E-state index in [2.05, 4.69) is 44.5 Å². The van der Waals surface area contributed by atoms with E-state index in [-0.39, 0.29) is 6.10 Å². The summed E-state index contributed by atoms with van der Waals surface area (Å²) in [6.07, 6.45) is 1.85. The number of hydrogen-bond donors (Lipinski definition) is 1. The molecule has 1 N–H and O–H groups in total. The van der Waals surface area contributed by atoms with E-state index in [1.165, 1.54) is 10.9 Å². The Morgan fingerprint density at radius 3 is 3.08 bits per heavy atom. The van der Waals surface area contributed by atoms with Crippen molar-refractivity contribution < 1.29 is 4.74 Å². The normalized spacial score (nSPS) is 18.4. The van der Waals surface area contributed by atoms with Crippen molar-refractivity contribution in [3.05, 3.63) is 66.0 Å². The summed E-state index contributed by atoms with van der Waals surface area (Å²) < 4.78 is 5.96. The second-order valence-corrected chi connectivity index (χ2v) is 6.32. The molecular formula is C20H22N4O. The van der Waals surface area contributed by atoms with Gasteiger partial charge in [0.05, 0.1) is 17.8 Å². The van der Waals surface area contributed by atoms with Crippen LogP contribution >= 0.6 is 0 Å².